The maximum atomic E-state index is 13.0. The molecule has 1 aliphatic rings. The summed E-state index contributed by atoms with van der Waals surface area (Å²) in [6, 6.07) is 14.6. The lowest BCUT2D eigenvalue weighted by Gasteiger charge is -2.43. The molecule has 1 heterocycles. The average Bonchev–Trinajstić information content (AvgIpc) is 2.93. The summed E-state index contributed by atoms with van der Waals surface area (Å²) >= 11 is 0. The van der Waals surface area contributed by atoms with Gasteiger partial charge < -0.3 is 19.4 Å². The van der Waals surface area contributed by atoms with Crippen LogP contribution in [0.5, 0.6) is 5.75 Å². The van der Waals surface area contributed by atoms with Crippen LogP contribution in [-0.2, 0) is 0 Å². The second-order valence-electron chi connectivity index (χ2n) is 9.86. The van der Waals surface area contributed by atoms with Gasteiger partial charge >= 0.3 is 0 Å². The molecule has 6 heteroatoms. The number of rotatable bonds is 13. The SMILES string of the molecule is CCCCCCCCOc1ccccc1C(=O)Nc1ccc(C(=O)N2CC[N+](CC)(CC)CC2)cc1. The fourth-order valence-corrected chi connectivity index (χ4v) is 4.87. The Bertz CT molecular complexity index is 960. The van der Waals surface area contributed by atoms with Crippen molar-refractivity contribution in [2.75, 3.05) is 51.2 Å². The van der Waals surface area contributed by atoms with Crippen molar-refractivity contribution in [1.82, 2.24) is 4.90 Å². The lowest BCUT2D eigenvalue weighted by Crippen LogP contribution is -2.60. The number of carbonyl (C=O) groups is 2. The molecule has 1 fully saturated rings. The van der Waals surface area contributed by atoms with Gasteiger partial charge in [-0.25, -0.2) is 0 Å². The number of para-hydroxylation sites is 1. The van der Waals surface area contributed by atoms with E-state index in [9.17, 15) is 9.59 Å². The molecule has 0 atom stereocenters. The van der Waals surface area contributed by atoms with Crippen LogP contribution >= 0.6 is 0 Å². The first-order valence-corrected chi connectivity index (χ1v) is 13.8. The molecule has 1 aliphatic heterocycles. The van der Waals surface area contributed by atoms with Crippen molar-refractivity contribution in [3.05, 3.63) is 59.7 Å². The minimum Gasteiger partial charge on any atom is -0.493 e. The lowest BCUT2D eigenvalue weighted by molar-refractivity contribution is -0.928. The third-order valence-electron chi connectivity index (χ3n) is 7.59. The highest BCUT2D eigenvalue weighted by Gasteiger charge is 2.32. The number of nitrogens with zero attached hydrogens (tertiary/aromatic N) is 2. The van der Waals surface area contributed by atoms with E-state index in [0.717, 1.165) is 56.6 Å². The second kappa shape index (κ2) is 14.0. The van der Waals surface area contributed by atoms with Gasteiger partial charge in [0, 0.05) is 11.3 Å². The number of carbonyl (C=O) groups excluding carboxylic acids is 2. The van der Waals surface area contributed by atoms with Gasteiger partial charge in [-0.1, -0.05) is 51.2 Å². The van der Waals surface area contributed by atoms with E-state index in [4.69, 9.17) is 4.74 Å². The van der Waals surface area contributed by atoms with Crippen molar-refractivity contribution in [2.24, 2.45) is 0 Å². The van der Waals surface area contributed by atoms with Crippen LogP contribution in [0.1, 0.15) is 80.0 Å². The number of nitrogens with one attached hydrogen (secondary N) is 1. The molecule has 1 N–H and O–H groups in total. The second-order valence-corrected chi connectivity index (χ2v) is 9.86. The molecule has 3 rings (SSSR count). The highest BCUT2D eigenvalue weighted by Crippen LogP contribution is 2.21. The Balaban J connectivity index is 1.52. The molecule has 2 aromatic carbocycles. The molecular formula is C30H44N3O3+. The Kier molecular flexibility index (Phi) is 10.8. The molecule has 0 aliphatic carbocycles. The number of hydrogen-bond acceptors (Lipinski definition) is 3. The quantitative estimate of drug-likeness (QED) is 0.275. The van der Waals surface area contributed by atoms with Crippen LogP contribution < -0.4 is 10.1 Å². The fourth-order valence-electron chi connectivity index (χ4n) is 4.87. The molecule has 0 saturated carbocycles. The largest absolute Gasteiger partial charge is 0.493 e. The molecule has 2 amide bonds. The van der Waals surface area contributed by atoms with E-state index < -0.39 is 0 Å². The first-order valence-electron chi connectivity index (χ1n) is 13.8. The minimum absolute atomic E-state index is 0.0614. The maximum Gasteiger partial charge on any atom is 0.259 e. The highest BCUT2D eigenvalue weighted by atomic mass is 16.5. The number of benzene rings is 2. The molecule has 0 unspecified atom stereocenters. The van der Waals surface area contributed by atoms with Crippen LogP contribution in [0, 0.1) is 0 Å². The molecule has 2 aromatic rings. The van der Waals surface area contributed by atoms with Crippen LogP contribution in [0.3, 0.4) is 0 Å². The minimum atomic E-state index is -0.211. The summed E-state index contributed by atoms with van der Waals surface area (Å²) in [6.07, 6.45) is 7.17. The van der Waals surface area contributed by atoms with Gasteiger partial charge in [-0.2, -0.15) is 0 Å². The van der Waals surface area contributed by atoms with Crippen LogP contribution in [-0.4, -0.2) is 67.1 Å². The Morgan fingerprint density at radius 2 is 1.50 bits per heavy atom. The number of piperazine rings is 1. The number of anilines is 1. The van der Waals surface area contributed by atoms with Crippen molar-refractivity contribution in [1.29, 1.82) is 0 Å². The van der Waals surface area contributed by atoms with Gasteiger partial charge in [-0.3, -0.25) is 9.59 Å². The van der Waals surface area contributed by atoms with E-state index in [1.165, 1.54) is 25.7 Å². The molecule has 0 radical (unpaired) electrons. The maximum absolute atomic E-state index is 13.0. The Hall–Kier alpha value is -2.86. The highest BCUT2D eigenvalue weighted by molar-refractivity contribution is 6.06. The molecule has 1 saturated heterocycles. The van der Waals surface area contributed by atoms with Crippen LogP contribution in [0.2, 0.25) is 0 Å². The predicted molar refractivity (Wildman–Crippen MR) is 147 cm³/mol. The Labute approximate surface area is 217 Å². The van der Waals surface area contributed by atoms with Gasteiger partial charge in [0.25, 0.3) is 11.8 Å². The number of likely N-dealkylation sites (N-methyl/N-ethyl adjacent to an activating group) is 1. The number of unbranched alkanes of at least 4 members (excludes halogenated alkanes) is 5. The summed E-state index contributed by atoms with van der Waals surface area (Å²) in [5.74, 6) is 0.456. The first kappa shape index (κ1) is 27.7. The van der Waals surface area contributed by atoms with Gasteiger partial charge in [0.05, 0.1) is 51.4 Å². The smallest absolute Gasteiger partial charge is 0.259 e. The lowest BCUT2D eigenvalue weighted by atomic mass is 10.1. The van der Waals surface area contributed by atoms with Crippen LogP contribution in [0.15, 0.2) is 48.5 Å². The third-order valence-corrected chi connectivity index (χ3v) is 7.59. The molecule has 0 spiro atoms. The zero-order valence-corrected chi connectivity index (χ0v) is 22.4. The van der Waals surface area contributed by atoms with Crippen molar-refractivity contribution in [3.63, 3.8) is 0 Å². The zero-order chi connectivity index (χ0) is 25.8. The van der Waals surface area contributed by atoms with Crippen molar-refractivity contribution in [2.45, 2.75) is 59.3 Å². The van der Waals surface area contributed by atoms with Crippen molar-refractivity contribution >= 4 is 17.5 Å². The van der Waals surface area contributed by atoms with Crippen LogP contribution in [0.25, 0.3) is 0 Å². The van der Waals surface area contributed by atoms with E-state index in [1.807, 2.05) is 23.1 Å². The number of hydrogen-bond donors (Lipinski definition) is 1. The van der Waals surface area contributed by atoms with E-state index in [2.05, 4.69) is 26.1 Å². The summed E-state index contributed by atoms with van der Waals surface area (Å²) in [5, 5.41) is 2.95. The number of amides is 2. The van der Waals surface area contributed by atoms with Gasteiger partial charge in [-0.05, 0) is 56.7 Å². The topological polar surface area (TPSA) is 58.6 Å². The predicted octanol–water partition coefficient (Wildman–Crippen LogP) is 5.99. The number of quaternary nitrogens is 1. The molecule has 0 aromatic heterocycles. The third kappa shape index (κ3) is 7.57. The fraction of sp³-hybridized carbons (Fsp3) is 0.533. The monoisotopic (exact) mass is 494 g/mol. The van der Waals surface area contributed by atoms with E-state index in [0.29, 0.717) is 29.2 Å². The molecule has 36 heavy (non-hydrogen) atoms. The van der Waals surface area contributed by atoms with Gasteiger partial charge in [0.2, 0.25) is 0 Å². The summed E-state index contributed by atoms with van der Waals surface area (Å²) < 4.78 is 7.02. The van der Waals surface area contributed by atoms with Gasteiger partial charge in [-0.15, -0.1) is 0 Å². The van der Waals surface area contributed by atoms with E-state index in [-0.39, 0.29) is 11.8 Å². The molecule has 0 bridgehead atoms. The van der Waals surface area contributed by atoms with E-state index in [1.54, 1.807) is 30.3 Å². The first-order chi connectivity index (χ1) is 17.5. The Morgan fingerprint density at radius 1 is 0.861 bits per heavy atom. The average molecular weight is 495 g/mol. The molecule has 6 nitrogen and oxygen atoms in total. The van der Waals surface area contributed by atoms with Crippen molar-refractivity contribution < 1.29 is 18.8 Å². The summed E-state index contributed by atoms with van der Waals surface area (Å²) in [6.45, 7) is 13.1. The summed E-state index contributed by atoms with van der Waals surface area (Å²) in [5.41, 5.74) is 1.84. The summed E-state index contributed by atoms with van der Waals surface area (Å²) in [4.78, 5) is 27.9. The number of ether oxygens (including phenoxy) is 1. The van der Waals surface area contributed by atoms with Crippen LogP contribution in [0.4, 0.5) is 5.69 Å². The normalized spacial score (nSPS) is 14.9. The van der Waals surface area contributed by atoms with Gasteiger partial charge in [0.1, 0.15) is 5.75 Å². The zero-order valence-electron chi connectivity index (χ0n) is 22.4. The van der Waals surface area contributed by atoms with Gasteiger partial charge in [0.15, 0.2) is 0 Å². The molecular weight excluding hydrogens is 450 g/mol. The standard InChI is InChI=1S/C30H43N3O3/c1-4-7-8-9-10-13-24-36-28-15-12-11-14-27(28)29(34)31-26-18-16-25(17-19-26)30(35)32-20-22-33(5-2,6-3)23-21-32/h11-12,14-19H,4-10,13,20-24H2,1-3H3/p+1. The Morgan fingerprint density at radius 3 is 2.17 bits per heavy atom. The molecule has 196 valence electrons. The summed E-state index contributed by atoms with van der Waals surface area (Å²) in [7, 11) is 0. The van der Waals surface area contributed by atoms with Crippen molar-refractivity contribution in [3.8, 4) is 5.75 Å². The van der Waals surface area contributed by atoms with E-state index >= 15 is 0 Å².